The van der Waals surface area contributed by atoms with Gasteiger partial charge >= 0.3 is 6.18 Å². The van der Waals surface area contributed by atoms with E-state index in [1.165, 1.54) is 13.3 Å². The molecule has 0 saturated heterocycles. The minimum atomic E-state index is -4.31. The van der Waals surface area contributed by atoms with Crippen LogP contribution >= 0.6 is 0 Å². The molecule has 2 rings (SSSR count). The maximum absolute atomic E-state index is 12.7. The molecule has 0 aliphatic heterocycles. The van der Waals surface area contributed by atoms with Crippen molar-refractivity contribution >= 4 is 16.6 Å². The van der Waals surface area contributed by atoms with Gasteiger partial charge in [0.25, 0.3) is 0 Å². The Morgan fingerprint density at radius 2 is 2.05 bits per heavy atom. The lowest BCUT2D eigenvalue weighted by molar-refractivity contribution is -0.119. The van der Waals surface area contributed by atoms with Crippen LogP contribution in [0.1, 0.15) is 0 Å². The molecule has 0 fully saturated rings. The van der Waals surface area contributed by atoms with Crippen LogP contribution in [0.3, 0.4) is 0 Å². The number of methoxy groups -OCH3 is 1. The van der Waals surface area contributed by atoms with Gasteiger partial charge in [0, 0.05) is 24.7 Å². The van der Waals surface area contributed by atoms with Crippen LogP contribution < -0.4 is 15.4 Å². The van der Waals surface area contributed by atoms with Gasteiger partial charge in [0.1, 0.15) is 18.1 Å². The number of hydrogen-bond acceptors (Lipinski definition) is 4. The molecule has 0 atom stereocenters. The first-order chi connectivity index (χ1) is 9.94. The summed E-state index contributed by atoms with van der Waals surface area (Å²) < 4.78 is 43.2. The molecule has 21 heavy (non-hydrogen) atoms. The lowest BCUT2D eigenvalue weighted by Crippen LogP contribution is -2.38. The van der Waals surface area contributed by atoms with E-state index < -0.39 is 12.7 Å². The third kappa shape index (κ3) is 3.75. The van der Waals surface area contributed by atoms with Crippen LogP contribution in [0.25, 0.3) is 10.8 Å². The summed E-state index contributed by atoms with van der Waals surface area (Å²) in [5.74, 6) is 0.916. The highest BCUT2D eigenvalue weighted by Crippen LogP contribution is 2.29. The molecule has 1 aromatic heterocycles. The van der Waals surface area contributed by atoms with Crippen LogP contribution in [0.2, 0.25) is 0 Å². The zero-order chi connectivity index (χ0) is 15.5. The number of fused-ring (bicyclic) bond motifs is 1. The summed E-state index contributed by atoms with van der Waals surface area (Å²) in [5.41, 5.74) is 5.42. The number of anilines is 1. The van der Waals surface area contributed by atoms with Crippen LogP contribution in [0, 0.1) is 0 Å². The van der Waals surface area contributed by atoms with Gasteiger partial charge < -0.3 is 15.4 Å². The second kappa shape index (κ2) is 6.17. The fourth-order valence-corrected chi connectivity index (χ4v) is 2.15. The summed E-state index contributed by atoms with van der Waals surface area (Å²) in [6.45, 7) is -0.885. The van der Waals surface area contributed by atoms with E-state index in [2.05, 4.69) is 4.98 Å². The maximum atomic E-state index is 12.7. The van der Waals surface area contributed by atoms with Crippen LogP contribution in [-0.2, 0) is 0 Å². The molecule has 114 valence electrons. The molecule has 0 unspecified atom stereocenters. The van der Waals surface area contributed by atoms with Gasteiger partial charge in [-0.15, -0.1) is 0 Å². The van der Waals surface area contributed by atoms with Gasteiger partial charge in [-0.25, -0.2) is 4.98 Å². The van der Waals surface area contributed by atoms with Gasteiger partial charge in [0.05, 0.1) is 7.11 Å². The normalized spacial score (nSPS) is 11.7. The number of nitrogens with two attached hydrogens (primary N) is 1. The molecule has 7 heteroatoms. The van der Waals surface area contributed by atoms with Crippen LogP contribution in [-0.4, -0.2) is 37.9 Å². The van der Waals surface area contributed by atoms with Crippen molar-refractivity contribution in [2.45, 2.75) is 6.18 Å². The van der Waals surface area contributed by atoms with E-state index in [9.17, 15) is 13.2 Å². The zero-order valence-electron chi connectivity index (χ0n) is 11.5. The van der Waals surface area contributed by atoms with Crippen molar-refractivity contribution in [2.75, 3.05) is 31.6 Å². The molecule has 2 aromatic rings. The molecule has 1 heterocycles. The van der Waals surface area contributed by atoms with Crippen LogP contribution in [0.15, 0.2) is 30.5 Å². The topological polar surface area (TPSA) is 51.4 Å². The number of aromatic nitrogens is 1. The number of ether oxygens (including phenoxy) is 1. The van der Waals surface area contributed by atoms with Crippen molar-refractivity contribution < 1.29 is 17.9 Å². The second-order valence-corrected chi connectivity index (χ2v) is 4.55. The highest BCUT2D eigenvalue weighted by Gasteiger charge is 2.31. The Bertz CT molecular complexity index is 616. The van der Waals surface area contributed by atoms with E-state index in [0.29, 0.717) is 11.1 Å². The monoisotopic (exact) mass is 299 g/mol. The Labute approximate surface area is 120 Å². The molecule has 0 aliphatic rings. The van der Waals surface area contributed by atoms with E-state index in [1.54, 1.807) is 24.3 Å². The molecular formula is C14H16F3N3O. The molecular weight excluding hydrogens is 283 g/mol. The Morgan fingerprint density at radius 3 is 2.67 bits per heavy atom. The van der Waals surface area contributed by atoms with E-state index in [-0.39, 0.29) is 18.9 Å². The quantitative estimate of drug-likeness (QED) is 0.922. The zero-order valence-corrected chi connectivity index (χ0v) is 11.5. The smallest absolute Gasteiger partial charge is 0.405 e. The van der Waals surface area contributed by atoms with Crippen LogP contribution in [0.4, 0.5) is 19.0 Å². The van der Waals surface area contributed by atoms with Gasteiger partial charge in [0.2, 0.25) is 0 Å². The summed E-state index contributed by atoms with van der Waals surface area (Å²) >= 11 is 0. The number of pyridine rings is 1. The predicted octanol–water partition coefficient (Wildman–Crippen LogP) is 2.57. The molecule has 2 N–H and O–H groups in total. The highest BCUT2D eigenvalue weighted by molar-refractivity contribution is 5.93. The van der Waals surface area contributed by atoms with E-state index in [4.69, 9.17) is 10.5 Å². The van der Waals surface area contributed by atoms with Crippen molar-refractivity contribution in [3.05, 3.63) is 30.5 Å². The molecule has 0 aliphatic carbocycles. The van der Waals surface area contributed by atoms with Gasteiger partial charge in [-0.1, -0.05) is 0 Å². The first-order valence-corrected chi connectivity index (χ1v) is 6.39. The number of nitrogens with zero attached hydrogens (tertiary/aromatic N) is 2. The first-order valence-electron chi connectivity index (χ1n) is 6.39. The van der Waals surface area contributed by atoms with Crippen molar-refractivity contribution in [2.24, 2.45) is 5.73 Å². The van der Waals surface area contributed by atoms with Gasteiger partial charge in [-0.2, -0.15) is 13.2 Å². The lowest BCUT2D eigenvalue weighted by Gasteiger charge is -2.25. The first kappa shape index (κ1) is 15.4. The average molecular weight is 299 g/mol. The average Bonchev–Trinajstić information content (AvgIpc) is 2.44. The molecule has 0 bridgehead atoms. The molecule has 1 aromatic carbocycles. The number of rotatable bonds is 5. The number of halogens is 3. The maximum Gasteiger partial charge on any atom is 0.405 e. The van der Waals surface area contributed by atoms with E-state index in [1.807, 2.05) is 0 Å². The number of hydrogen-bond donors (Lipinski definition) is 1. The summed E-state index contributed by atoms with van der Waals surface area (Å²) in [7, 11) is 1.54. The number of benzene rings is 1. The van der Waals surface area contributed by atoms with E-state index in [0.717, 1.165) is 10.3 Å². The summed E-state index contributed by atoms with van der Waals surface area (Å²) in [6.07, 6.45) is -2.83. The number of alkyl halides is 3. The summed E-state index contributed by atoms with van der Waals surface area (Å²) in [4.78, 5) is 5.24. The SMILES string of the molecule is COc1ccc2c(N(CCN)CC(F)(F)F)nccc2c1. The van der Waals surface area contributed by atoms with Crippen LogP contribution in [0.5, 0.6) is 5.75 Å². The van der Waals surface area contributed by atoms with E-state index >= 15 is 0 Å². The Hall–Kier alpha value is -2.02. The minimum absolute atomic E-state index is 0.0810. The molecule has 0 amide bonds. The highest BCUT2D eigenvalue weighted by atomic mass is 19.4. The third-order valence-electron chi connectivity index (χ3n) is 3.02. The largest absolute Gasteiger partial charge is 0.497 e. The fraction of sp³-hybridized carbons (Fsp3) is 0.357. The Kier molecular flexibility index (Phi) is 4.52. The second-order valence-electron chi connectivity index (χ2n) is 4.55. The summed E-state index contributed by atoms with van der Waals surface area (Å²) in [6, 6.07) is 6.89. The molecule has 4 nitrogen and oxygen atoms in total. The minimum Gasteiger partial charge on any atom is -0.497 e. The Morgan fingerprint density at radius 1 is 1.29 bits per heavy atom. The summed E-state index contributed by atoms with van der Waals surface area (Å²) in [5, 5.41) is 1.40. The van der Waals surface area contributed by atoms with Crippen molar-refractivity contribution in [1.29, 1.82) is 0 Å². The molecule has 0 saturated carbocycles. The third-order valence-corrected chi connectivity index (χ3v) is 3.02. The Balaban J connectivity index is 2.47. The van der Waals surface area contributed by atoms with Gasteiger partial charge in [-0.3, -0.25) is 0 Å². The predicted molar refractivity (Wildman–Crippen MR) is 75.6 cm³/mol. The van der Waals surface area contributed by atoms with Crippen molar-refractivity contribution in [1.82, 2.24) is 4.98 Å². The van der Waals surface area contributed by atoms with Crippen molar-refractivity contribution in [3.8, 4) is 5.75 Å². The molecule has 0 radical (unpaired) electrons. The van der Waals surface area contributed by atoms with Crippen molar-refractivity contribution in [3.63, 3.8) is 0 Å². The lowest BCUT2D eigenvalue weighted by atomic mass is 10.1. The standard InChI is InChI=1S/C14H16F3N3O/c1-21-11-2-3-12-10(8-11)4-6-19-13(12)20(7-5-18)9-14(15,16)17/h2-4,6,8H,5,7,9,18H2,1H3. The molecule has 0 spiro atoms. The van der Waals surface area contributed by atoms with Gasteiger partial charge in [-0.05, 0) is 29.7 Å². The fourth-order valence-electron chi connectivity index (χ4n) is 2.15. The van der Waals surface area contributed by atoms with Gasteiger partial charge in [0.15, 0.2) is 0 Å².